The average molecular weight is 287 g/mol. The first-order valence-electron chi connectivity index (χ1n) is 5.31. The number of tetrazole rings is 1. The monoisotopic (exact) mass is 286 g/mol. The fourth-order valence-electron chi connectivity index (χ4n) is 1.59. The minimum Gasteiger partial charge on any atom is -0.494 e. The van der Waals surface area contributed by atoms with E-state index in [0.717, 1.165) is 5.56 Å². The molecule has 0 fully saturated rings. The number of alkyl halides is 1. The van der Waals surface area contributed by atoms with Crippen LogP contribution in [-0.2, 0) is 0 Å². The third-order valence-electron chi connectivity index (χ3n) is 2.54. The van der Waals surface area contributed by atoms with Crippen LogP contribution in [0.3, 0.4) is 0 Å². The van der Waals surface area contributed by atoms with E-state index in [1.807, 2.05) is 13.0 Å². The van der Waals surface area contributed by atoms with Crippen molar-refractivity contribution in [2.75, 3.05) is 7.11 Å². The van der Waals surface area contributed by atoms with Gasteiger partial charge in [0.2, 0.25) is 0 Å². The van der Waals surface area contributed by atoms with Crippen molar-refractivity contribution < 1.29 is 4.74 Å². The second kappa shape index (κ2) is 5.12. The molecule has 0 spiro atoms. The lowest BCUT2D eigenvalue weighted by molar-refractivity contribution is 0.411. The van der Waals surface area contributed by atoms with Crippen LogP contribution in [0.2, 0.25) is 5.02 Å². The van der Waals surface area contributed by atoms with E-state index in [9.17, 15) is 0 Å². The molecule has 18 heavy (non-hydrogen) atoms. The smallest absolute Gasteiger partial charge is 0.174 e. The van der Waals surface area contributed by atoms with Gasteiger partial charge in [-0.15, -0.1) is 16.7 Å². The number of methoxy groups -OCH3 is 1. The molecule has 1 heterocycles. The quantitative estimate of drug-likeness (QED) is 0.814. The molecule has 0 bridgehead atoms. The minimum absolute atomic E-state index is 0.305. The number of ether oxygens (including phenoxy) is 1. The van der Waals surface area contributed by atoms with Crippen LogP contribution in [0, 0.1) is 6.92 Å². The van der Waals surface area contributed by atoms with E-state index in [-0.39, 0.29) is 5.38 Å². The third-order valence-corrected chi connectivity index (χ3v) is 3.14. The first-order valence-corrected chi connectivity index (χ1v) is 6.13. The molecule has 0 aliphatic rings. The van der Waals surface area contributed by atoms with Gasteiger partial charge in [-0.2, -0.15) is 4.68 Å². The molecule has 1 aromatic heterocycles. The molecule has 0 saturated carbocycles. The van der Waals surface area contributed by atoms with Crippen LogP contribution < -0.4 is 4.74 Å². The van der Waals surface area contributed by atoms with Gasteiger partial charge < -0.3 is 4.74 Å². The van der Waals surface area contributed by atoms with E-state index < -0.39 is 0 Å². The number of nitrogens with zero attached hydrogens (tertiary/aromatic N) is 4. The lowest BCUT2D eigenvalue weighted by atomic mass is 10.2. The molecule has 0 amide bonds. The summed E-state index contributed by atoms with van der Waals surface area (Å²) in [5.74, 6) is 1.15. The maximum absolute atomic E-state index is 6.06. The molecule has 2 aromatic rings. The predicted octanol–water partition coefficient (Wildman–Crippen LogP) is 2.93. The lowest BCUT2D eigenvalue weighted by Gasteiger charge is -2.12. The van der Waals surface area contributed by atoms with Crippen LogP contribution in [0.25, 0.3) is 5.69 Å². The Hall–Kier alpha value is -1.33. The Labute approximate surface area is 115 Å². The molecule has 2 rings (SSSR count). The molecule has 0 aliphatic heterocycles. The van der Waals surface area contributed by atoms with Crippen LogP contribution in [0.4, 0.5) is 0 Å². The average Bonchev–Trinajstić information content (AvgIpc) is 2.81. The van der Waals surface area contributed by atoms with Crippen LogP contribution >= 0.6 is 23.2 Å². The standard InChI is InChI=1S/C11H12Cl2N4O/c1-6-4-9(10(18-3)5-8(6)13)17-11(7(2)12)14-15-16-17/h4-5,7H,1-3H3. The van der Waals surface area contributed by atoms with Crippen molar-refractivity contribution in [1.82, 2.24) is 20.2 Å². The summed E-state index contributed by atoms with van der Waals surface area (Å²) in [6.07, 6.45) is 0. The fourth-order valence-corrected chi connectivity index (χ4v) is 1.88. The fraction of sp³-hybridized carbons (Fsp3) is 0.364. The molecule has 5 nitrogen and oxygen atoms in total. The predicted molar refractivity (Wildman–Crippen MR) is 69.7 cm³/mol. The van der Waals surface area contributed by atoms with Crippen molar-refractivity contribution in [3.63, 3.8) is 0 Å². The van der Waals surface area contributed by atoms with Crippen molar-refractivity contribution in [2.45, 2.75) is 19.2 Å². The normalized spacial score (nSPS) is 12.5. The number of hydrogen-bond acceptors (Lipinski definition) is 4. The first kappa shape index (κ1) is 13.1. The summed E-state index contributed by atoms with van der Waals surface area (Å²) in [5.41, 5.74) is 1.63. The van der Waals surface area contributed by atoms with E-state index in [1.165, 1.54) is 0 Å². The molecule has 1 atom stereocenters. The highest BCUT2D eigenvalue weighted by atomic mass is 35.5. The van der Waals surface area contributed by atoms with Gasteiger partial charge in [-0.3, -0.25) is 0 Å². The molecule has 0 N–H and O–H groups in total. The zero-order valence-corrected chi connectivity index (χ0v) is 11.7. The van der Waals surface area contributed by atoms with Gasteiger partial charge in [0, 0.05) is 11.1 Å². The molecular weight excluding hydrogens is 275 g/mol. The van der Waals surface area contributed by atoms with E-state index in [0.29, 0.717) is 22.3 Å². The molecule has 1 unspecified atom stereocenters. The van der Waals surface area contributed by atoms with Crippen LogP contribution in [0.1, 0.15) is 23.7 Å². The Morgan fingerprint density at radius 2 is 2.11 bits per heavy atom. The number of rotatable bonds is 3. The highest BCUT2D eigenvalue weighted by Crippen LogP contribution is 2.31. The van der Waals surface area contributed by atoms with Gasteiger partial charge in [0.05, 0.1) is 12.5 Å². The Morgan fingerprint density at radius 3 is 2.72 bits per heavy atom. The number of aromatic nitrogens is 4. The van der Waals surface area contributed by atoms with E-state index in [1.54, 1.807) is 24.8 Å². The number of hydrogen-bond donors (Lipinski definition) is 0. The number of benzene rings is 1. The van der Waals surface area contributed by atoms with Crippen molar-refractivity contribution >= 4 is 23.2 Å². The maximum atomic E-state index is 6.06. The minimum atomic E-state index is -0.305. The summed E-state index contributed by atoms with van der Waals surface area (Å²) < 4.78 is 6.85. The van der Waals surface area contributed by atoms with E-state index >= 15 is 0 Å². The van der Waals surface area contributed by atoms with E-state index in [2.05, 4.69) is 15.5 Å². The topological polar surface area (TPSA) is 52.8 Å². The number of halogens is 2. The van der Waals surface area contributed by atoms with Gasteiger partial charge in [-0.1, -0.05) is 11.6 Å². The number of aryl methyl sites for hydroxylation is 1. The summed E-state index contributed by atoms with van der Waals surface area (Å²) >= 11 is 12.1. The molecule has 7 heteroatoms. The second-order valence-electron chi connectivity index (χ2n) is 3.84. The second-order valence-corrected chi connectivity index (χ2v) is 4.90. The Bertz CT molecular complexity index is 568. The third kappa shape index (κ3) is 2.28. The van der Waals surface area contributed by atoms with Crippen LogP contribution in [-0.4, -0.2) is 27.3 Å². The largest absolute Gasteiger partial charge is 0.494 e. The van der Waals surface area contributed by atoms with Crippen LogP contribution in [0.15, 0.2) is 12.1 Å². The first-order chi connectivity index (χ1) is 8.54. The van der Waals surface area contributed by atoms with Crippen molar-refractivity contribution in [2.24, 2.45) is 0 Å². The highest BCUT2D eigenvalue weighted by Gasteiger charge is 2.17. The summed E-state index contributed by atoms with van der Waals surface area (Å²) in [6.45, 7) is 3.71. The van der Waals surface area contributed by atoms with Gasteiger partial charge >= 0.3 is 0 Å². The molecule has 0 aliphatic carbocycles. The molecule has 96 valence electrons. The zero-order valence-electron chi connectivity index (χ0n) is 10.2. The lowest BCUT2D eigenvalue weighted by Crippen LogP contribution is -2.06. The van der Waals surface area contributed by atoms with Crippen molar-refractivity contribution in [3.05, 3.63) is 28.5 Å². The molecule has 1 aromatic carbocycles. The van der Waals surface area contributed by atoms with Gasteiger partial charge in [-0.25, -0.2) is 0 Å². The Kier molecular flexibility index (Phi) is 3.73. The highest BCUT2D eigenvalue weighted by molar-refractivity contribution is 6.31. The summed E-state index contributed by atoms with van der Waals surface area (Å²) in [4.78, 5) is 0. The van der Waals surface area contributed by atoms with Gasteiger partial charge in [-0.05, 0) is 35.9 Å². The van der Waals surface area contributed by atoms with Gasteiger partial charge in [0.1, 0.15) is 11.4 Å². The molecular formula is C11H12Cl2N4O. The summed E-state index contributed by atoms with van der Waals surface area (Å²) in [5, 5.41) is 11.8. The maximum Gasteiger partial charge on any atom is 0.174 e. The zero-order chi connectivity index (χ0) is 13.3. The summed E-state index contributed by atoms with van der Waals surface area (Å²) in [7, 11) is 1.57. The Morgan fingerprint density at radius 1 is 1.39 bits per heavy atom. The van der Waals surface area contributed by atoms with Crippen molar-refractivity contribution in [1.29, 1.82) is 0 Å². The Balaban J connectivity index is 2.63. The van der Waals surface area contributed by atoms with E-state index in [4.69, 9.17) is 27.9 Å². The molecule has 0 saturated heterocycles. The summed E-state index contributed by atoms with van der Waals surface area (Å²) in [6, 6.07) is 3.59. The van der Waals surface area contributed by atoms with Gasteiger partial charge in [0.25, 0.3) is 0 Å². The SMILES string of the molecule is COc1cc(Cl)c(C)cc1-n1nnnc1C(C)Cl. The van der Waals surface area contributed by atoms with Crippen LogP contribution in [0.5, 0.6) is 5.75 Å². The van der Waals surface area contributed by atoms with Gasteiger partial charge in [0.15, 0.2) is 5.82 Å². The molecule has 0 radical (unpaired) electrons. The van der Waals surface area contributed by atoms with Crippen molar-refractivity contribution in [3.8, 4) is 11.4 Å².